The van der Waals surface area contributed by atoms with Crippen LogP contribution in [0.5, 0.6) is 5.75 Å². The number of aryl methyl sites for hydroxylation is 1. The number of hydrogen-bond donors (Lipinski definition) is 0. The number of aromatic nitrogens is 3. The highest BCUT2D eigenvalue weighted by Crippen LogP contribution is 2.27. The van der Waals surface area contributed by atoms with Gasteiger partial charge in [0.05, 0.1) is 12.8 Å². The maximum atomic E-state index is 5.25. The molecule has 5 nitrogen and oxygen atoms in total. The Morgan fingerprint density at radius 1 is 0.833 bits per heavy atom. The number of ether oxygens (including phenoxy) is 1. The topological polar surface area (TPSA) is 51.1 Å². The normalized spacial score (nSPS) is 10.6. The Kier molecular flexibility index (Phi) is 5.70. The Balaban J connectivity index is 1.64. The highest BCUT2D eigenvalue weighted by Gasteiger charge is 2.10. The van der Waals surface area contributed by atoms with Crippen LogP contribution in [0.15, 0.2) is 79.1 Å². The molecular weight excluding hydrogens is 372 g/mol. The van der Waals surface area contributed by atoms with Gasteiger partial charge in [-0.15, -0.1) is 0 Å². The van der Waals surface area contributed by atoms with Gasteiger partial charge in [-0.25, -0.2) is 9.97 Å². The first kappa shape index (κ1) is 19.6. The molecule has 0 unspecified atom stereocenters. The lowest BCUT2D eigenvalue weighted by molar-refractivity contribution is 0.415. The van der Waals surface area contributed by atoms with Gasteiger partial charge in [0.1, 0.15) is 17.4 Å². The summed E-state index contributed by atoms with van der Waals surface area (Å²) >= 11 is 0. The van der Waals surface area contributed by atoms with Crippen molar-refractivity contribution in [3.63, 3.8) is 0 Å². The molecule has 0 aliphatic heterocycles. The smallest absolute Gasteiger partial charge is 0.132 e. The molecule has 0 fully saturated rings. The van der Waals surface area contributed by atoms with E-state index in [9.17, 15) is 0 Å². The number of rotatable bonds is 6. The van der Waals surface area contributed by atoms with Gasteiger partial charge in [0.25, 0.3) is 0 Å². The molecule has 0 saturated carbocycles. The van der Waals surface area contributed by atoms with E-state index in [1.54, 1.807) is 7.11 Å². The summed E-state index contributed by atoms with van der Waals surface area (Å²) in [5.74, 6) is 2.45. The van der Waals surface area contributed by atoms with Crippen molar-refractivity contribution >= 4 is 5.82 Å². The Morgan fingerprint density at radius 3 is 2.30 bits per heavy atom. The molecule has 0 aliphatic rings. The average Bonchev–Trinajstić information content (AvgIpc) is 2.79. The predicted octanol–water partition coefficient (Wildman–Crippen LogP) is 5.16. The standard InChI is InChI=1S/C25H24N4O/c1-18-27-24(14-25(28-18)29(2)17-19-7-5-4-6-8-19)22-13-21(15-26-16-22)20-9-11-23(30-3)12-10-20/h4-16H,17H2,1-3H3. The minimum atomic E-state index is 0.734. The van der Waals surface area contributed by atoms with E-state index in [1.165, 1.54) is 5.56 Å². The molecular formula is C25H24N4O. The lowest BCUT2D eigenvalue weighted by Crippen LogP contribution is -2.18. The molecule has 2 heterocycles. The van der Waals surface area contributed by atoms with Crippen LogP contribution in [0.1, 0.15) is 11.4 Å². The summed E-state index contributed by atoms with van der Waals surface area (Å²) in [6.45, 7) is 2.70. The van der Waals surface area contributed by atoms with E-state index in [4.69, 9.17) is 4.74 Å². The number of methoxy groups -OCH3 is 1. The fourth-order valence-electron chi connectivity index (χ4n) is 3.35. The number of nitrogens with zero attached hydrogens (tertiary/aromatic N) is 4. The van der Waals surface area contributed by atoms with Gasteiger partial charge >= 0.3 is 0 Å². The SMILES string of the molecule is COc1ccc(-c2cncc(-c3cc(N(C)Cc4ccccc4)nc(C)n3)c2)cc1. The molecule has 2 aromatic heterocycles. The molecule has 0 bridgehead atoms. The summed E-state index contributed by atoms with van der Waals surface area (Å²) < 4.78 is 5.25. The van der Waals surface area contributed by atoms with Gasteiger partial charge in [-0.2, -0.15) is 0 Å². The Labute approximate surface area is 177 Å². The Morgan fingerprint density at radius 2 is 1.57 bits per heavy atom. The van der Waals surface area contributed by atoms with Crippen LogP contribution in [-0.2, 0) is 6.54 Å². The molecule has 0 amide bonds. The van der Waals surface area contributed by atoms with Gasteiger partial charge in [-0.3, -0.25) is 4.98 Å². The molecule has 0 N–H and O–H groups in total. The minimum Gasteiger partial charge on any atom is -0.497 e. The second kappa shape index (κ2) is 8.74. The van der Waals surface area contributed by atoms with Crippen LogP contribution >= 0.6 is 0 Å². The van der Waals surface area contributed by atoms with Crippen LogP contribution in [0.4, 0.5) is 5.82 Å². The monoisotopic (exact) mass is 396 g/mol. The second-order valence-corrected chi connectivity index (χ2v) is 7.19. The largest absolute Gasteiger partial charge is 0.497 e. The molecule has 30 heavy (non-hydrogen) atoms. The van der Waals surface area contributed by atoms with Crippen molar-refractivity contribution in [3.8, 4) is 28.1 Å². The van der Waals surface area contributed by atoms with Crippen LogP contribution in [0.25, 0.3) is 22.4 Å². The van der Waals surface area contributed by atoms with E-state index < -0.39 is 0 Å². The van der Waals surface area contributed by atoms with Crippen LogP contribution in [0.3, 0.4) is 0 Å². The maximum Gasteiger partial charge on any atom is 0.132 e. The number of anilines is 1. The number of hydrogen-bond acceptors (Lipinski definition) is 5. The third kappa shape index (κ3) is 4.46. The van der Waals surface area contributed by atoms with Crippen molar-refractivity contribution in [2.45, 2.75) is 13.5 Å². The van der Waals surface area contributed by atoms with E-state index in [-0.39, 0.29) is 0 Å². The molecule has 0 spiro atoms. The van der Waals surface area contributed by atoms with Gasteiger partial charge in [0.15, 0.2) is 0 Å². The second-order valence-electron chi connectivity index (χ2n) is 7.19. The number of benzene rings is 2. The van der Waals surface area contributed by atoms with E-state index in [1.807, 2.05) is 62.8 Å². The molecule has 0 saturated heterocycles. The summed E-state index contributed by atoms with van der Waals surface area (Å²) in [6.07, 6.45) is 3.71. The van der Waals surface area contributed by atoms with E-state index in [0.29, 0.717) is 0 Å². The van der Waals surface area contributed by atoms with Crippen LogP contribution < -0.4 is 9.64 Å². The van der Waals surface area contributed by atoms with Crippen molar-refractivity contribution in [3.05, 3.63) is 90.5 Å². The van der Waals surface area contributed by atoms with Crippen molar-refractivity contribution in [2.24, 2.45) is 0 Å². The molecule has 0 atom stereocenters. The first-order valence-corrected chi connectivity index (χ1v) is 9.83. The lowest BCUT2D eigenvalue weighted by atomic mass is 10.0. The minimum absolute atomic E-state index is 0.734. The van der Waals surface area contributed by atoms with Gasteiger partial charge in [-0.1, -0.05) is 42.5 Å². The summed E-state index contributed by atoms with van der Waals surface area (Å²) in [7, 11) is 3.71. The summed E-state index contributed by atoms with van der Waals surface area (Å²) in [5.41, 5.74) is 5.17. The number of pyridine rings is 1. The molecule has 4 rings (SSSR count). The Bertz CT molecular complexity index is 1130. The van der Waals surface area contributed by atoms with Crippen molar-refractivity contribution in [2.75, 3.05) is 19.1 Å². The van der Waals surface area contributed by atoms with Crippen molar-refractivity contribution in [1.29, 1.82) is 0 Å². The molecule has 2 aromatic carbocycles. The third-order valence-electron chi connectivity index (χ3n) is 4.94. The molecule has 4 aromatic rings. The van der Waals surface area contributed by atoms with Gasteiger partial charge in [-0.05, 0) is 36.2 Å². The highest BCUT2D eigenvalue weighted by atomic mass is 16.5. The van der Waals surface area contributed by atoms with Crippen LogP contribution in [0, 0.1) is 6.92 Å². The molecule has 5 heteroatoms. The fraction of sp³-hybridized carbons (Fsp3) is 0.160. The summed E-state index contributed by atoms with van der Waals surface area (Å²) in [6, 6.07) is 22.5. The maximum absolute atomic E-state index is 5.25. The zero-order valence-electron chi connectivity index (χ0n) is 17.4. The fourth-order valence-corrected chi connectivity index (χ4v) is 3.35. The predicted molar refractivity (Wildman–Crippen MR) is 121 cm³/mol. The Hall–Kier alpha value is -3.73. The van der Waals surface area contributed by atoms with Crippen LogP contribution in [-0.4, -0.2) is 29.1 Å². The van der Waals surface area contributed by atoms with Crippen molar-refractivity contribution < 1.29 is 4.74 Å². The summed E-state index contributed by atoms with van der Waals surface area (Å²) in [4.78, 5) is 15.9. The van der Waals surface area contributed by atoms with Gasteiger partial charge < -0.3 is 9.64 Å². The zero-order valence-corrected chi connectivity index (χ0v) is 17.4. The molecule has 0 aliphatic carbocycles. The van der Waals surface area contributed by atoms with E-state index in [2.05, 4.69) is 50.2 Å². The van der Waals surface area contributed by atoms with Crippen molar-refractivity contribution in [1.82, 2.24) is 15.0 Å². The van der Waals surface area contributed by atoms with Gasteiger partial charge in [0, 0.05) is 43.2 Å². The quantitative estimate of drug-likeness (QED) is 0.451. The first-order valence-electron chi connectivity index (χ1n) is 9.83. The van der Waals surface area contributed by atoms with Crippen LogP contribution in [0.2, 0.25) is 0 Å². The molecule has 150 valence electrons. The zero-order chi connectivity index (χ0) is 20.9. The average molecular weight is 396 g/mol. The van der Waals surface area contributed by atoms with E-state index in [0.717, 1.165) is 46.3 Å². The van der Waals surface area contributed by atoms with Gasteiger partial charge in [0.2, 0.25) is 0 Å². The lowest BCUT2D eigenvalue weighted by Gasteiger charge is -2.19. The summed E-state index contributed by atoms with van der Waals surface area (Å²) in [5, 5.41) is 0. The third-order valence-corrected chi connectivity index (χ3v) is 4.94. The first-order chi connectivity index (χ1) is 14.6. The van der Waals surface area contributed by atoms with E-state index >= 15 is 0 Å². The molecule has 0 radical (unpaired) electrons. The highest BCUT2D eigenvalue weighted by molar-refractivity contribution is 5.71.